The van der Waals surface area contributed by atoms with Crippen molar-refractivity contribution in [2.45, 2.75) is 19.4 Å². The molecule has 0 aliphatic carbocycles. The molecule has 0 saturated carbocycles. The summed E-state index contributed by atoms with van der Waals surface area (Å²) in [5.74, 6) is 0. The molecule has 2 rings (SSSR count). The van der Waals surface area contributed by atoms with E-state index in [1.807, 2.05) is 6.92 Å². The highest BCUT2D eigenvalue weighted by molar-refractivity contribution is 5.04. The molecule has 76 valence electrons. The van der Waals surface area contributed by atoms with Gasteiger partial charge in [-0.05, 0) is 13.5 Å². The zero-order valence-electron chi connectivity index (χ0n) is 8.66. The van der Waals surface area contributed by atoms with Gasteiger partial charge in [-0.2, -0.15) is 0 Å². The Morgan fingerprint density at radius 2 is 1.92 bits per heavy atom. The minimum Gasteiger partial charge on any atom is -0.392 e. The van der Waals surface area contributed by atoms with Gasteiger partial charge in [0.25, 0.3) is 0 Å². The molecular weight excluding hydrogens is 164 g/mol. The minimum atomic E-state index is -0.116. The summed E-state index contributed by atoms with van der Waals surface area (Å²) in [5, 5.41) is 9.45. The first-order valence-corrected chi connectivity index (χ1v) is 5.22. The Balaban J connectivity index is 1.67. The van der Waals surface area contributed by atoms with E-state index in [1.54, 1.807) is 0 Å². The van der Waals surface area contributed by atoms with Crippen molar-refractivity contribution in [3.63, 3.8) is 0 Å². The Kier molecular flexibility index (Phi) is 2.34. The average Bonchev–Trinajstić information content (AvgIpc) is 1.97. The molecule has 0 amide bonds. The van der Waals surface area contributed by atoms with Gasteiger partial charge in [-0.1, -0.05) is 6.92 Å². The molecule has 0 aromatic heterocycles. The fourth-order valence-electron chi connectivity index (χ4n) is 2.76. The topological polar surface area (TPSA) is 26.7 Å². The van der Waals surface area contributed by atoms with Crippen molar-refractivity contribution in [1.82, 2.24) is 9.80 Å². The average molecular weight is 184 g/mol. The highest BCUT2D eigenvalue weighted by atomic mass is 16.3. The van der Waals surface area contributed by atoms with Gasteiger partial charge in [0.2, 0.25) is 0 Å². The van der Waals surface area contributed by atoms with Crippen molar-refractivity contribution in [3.8, 4) is 0 Å². The maximum atomic E-state index is 9.45. The number of nitrogens with zero attached hydrogens (tertiary/aromatic N) is 2. The first kappa shape index (κ1) is 9.44. The lowest BCUT2D eigenvalue weighted by Gasteiger charge is -2.60. The maximum absolute atomic E-state index is 9.45. The molecule has 0 aromatic carbocycles. The van der Waals surface area contributed by atoms with Gasteiger partial charge in [0, 0.05) is 38.1 Å². The molecule has 13 heavy (non-hydrogen) atoms. The second kappa shape index (κ2) is 3.23. The van der Waals surface area contributed by atoms with Gasteiger partial charge in [-0.25, -0.2) is 0 Å². The summed E-state index contributed by atoms with van der Waals surface area (Å²) in [4.78, 5) is 4.74. The predicted octanol–water partition coefficient (Wildman–Crippen LogP) is 0.00470. The minimum absolute atomic E-state index is 0.116. The monoisotopic (exact) mass is 184 g/mol. The van der Waals surface area contributed by atoms with Crippen LogP contribution < -0.4 is 0 Å². The molecule has 2 fully saturated rings. The lowest BCUT2D eigenvalue weighted by molar-refractivity contribution is -0.114. The number of rotatable bonds is 3. The van der Waals surface area contributed by atoms with Crippen molar-refractivity contribution in [1.29, 1.82) is 0 Å². The van der Waals surface area contributed by atoms with Crippen LogP contribution >= 0.6 is 0 Å². The number of hydrogen-bond acceptors (Lipinski definition) is 3. The fraction of sp³-hybridized carbons (Fsp3) is 1.00. The van der Waals surface area contributed by atoms with E-state index in [-0.39, 0.29) is 6.10 Å². The molecule has 0 radical (unpaired) electrons. The smallest absolute Gasteiger partial charge is 0.0664 e. The van der Waals surface area contributed by atoms with Crippen molar-refractivity contribution in [2.75, 3.05) is 39.8 Å². The molecule has 2 aliphatic rings. The van der Waals surface area contributed by atoms with Gasteiger partial charge < -0.3 is 10.0 Å². The number of hydrogen-bond donors (Lipinski definition) is 1. The van der Waals surface area contributed by atoms with Crippen LogP contribution in [0.25, 0.3) is 0 Å². The van der Waals surface area contributed by atoms with Crippen molar-refractivity contribution in [3.05, 3.63) is 0 Å². The molecule has 1 spiro atoms. The van der Waals surface area contributed by atoms with Gasteiger partial charge in [0.15, 0.2) is 0 Å². The molecule has 3 nitrogen and oxygen atoms in total. The number of likely N-dealkylation sites (tertiary alicyclic amines) is 2. The van der Waals surface area contributed by atoms with E-state index >= 15 is 0 Å². The van der Waals surface area contributed by atoms with Gasteiger partial charge in [-0.3, -0.25) is 4.90 Å². The van der Waals surface area contributed by atoms with E-state index in [2.05, 4.69) is 16.8 Å². The molecule has 2 heterocycles. The Bertz CT molecular complexity index is 181. The summed E-state index contributed by atoms with van der Waals surface area (Å²) >= 11 is 0. The second-order valence-corrected chi connectivity index (χ2v) is 4.90. The Labute approximate surface area is 80.3 Å². The van der Waals surface area contributed by atoms with Crippen LogP contribution in [0.3, 0.4) is 0 Å². The maximum Gasteiger partial charge on any atom is 0.0664 e. The summed E-state index contributed by atoms with van der Waals surface area (Å²) < 4.78 is 0. The Hall–Kier alpha value is -0.120. The van der Waals surface area contributed by atoms with Crippen molar-refractivity contribution >= 4 is 0 Å². The van der Waals surface area contributed by atoms with Gasteiger partial charge in [0.05, 0.1) is 6.10 Å². The van der Waals surface area contributed by atoms with E-state index in [0.29, 0.717) is 5.41 Å². The molecule has 3 heteroatoms. The number of β-amino-alcohol motifs (C(OH)–C–C–N with tert-alkyl or cyclic N) is 1. The Morgan fingerprint density at radius 3 is 2.38 bits per heavy atom. The van der Waals surface area contributed by atoms with E-state index in [0.717, 1.165) is 13.0 Å². The van der Waals surface area contributed by atoms with Crippen LogP contribution in [0.5, 0.6) is 0 Å². The summed E-state index contributed by atoms with van der Waals surface area (Å²) in [6, 6.07) is 0. The zero-order chi connectivity index (χ0) is 9.47. The highest BCUT2D eigenvalue weighted by Crippen LogP contribution is 2.38. The van der Waals surface area contributed by atoms with E-state index in [4.69, 9.17) is 0 Å². The lowest BCUT2D eigenvalue weighted by atomic mass is 9.73. The third kappa shape index (κ3) is 1.73. The van der Waals surface area contributed by atoms with Crippen LogP contribution in [0.2, 0.25) is 0 Å². The second-order valence-electron chi connectivity index (χ2n) is 4.90. The molecule has 1 atom stereocenters. The van der Waals surface area contributed by atoms with E-state index in [9.17, 15) is 5.11 Å². The van der Waals surface area contributed by atoms with Crippen LogP contribution in [-0.2, 0) is 0 Å². The van der Waals surface area contributed by atoms with Crippen LogP contribution in [0.4, 0.5) is 0 Å². The van der Waals surface area contributed by atoms with Crippen LogP contribution in [-0.4, -0.2) is 60.8 Å². The molecule has 0 bridgehead atoms. The van der Waals surface area contributed by atoms with Crippen LogP contribution in [0.1, 0.15) is 13.3 Å². The number of aliphatic hydroxyl groups is 1. The van der Waals surface area contributed by atoms with Gasteiger partial charge in [-0.15, -0.1) is 0 Å². The van der Waals surface area contributed by atoms with Crippen molar-refractivity contribution in [2.24, 2.45) is 5.41 Å². The first-order valence-electron chi connectivity index (χ1n) is 5.22. The SMILES string of the molecule is CC[C@@H](O)CN1CC2(CN(C)C2)C1. The summed E-state index contributed by atoms with van der Waals surface area (Å²) in [6.07, 6.45) is 0.763. The molecule has 0 aromatic rings. The van der Waals surface area contributed by atoms with Crippen LogP contribution in [0.15, 0.2) is 0 Å². The van der Waals surface area contributed by atoms with Crippen LogP contribution in [0, 0.1) is 5.41 Å². The Morgan fingerprint density at radius 1 is 1.31 bits per heavy atom. The summed E-state index contributed by atoms with van der Waals surface area (Å²) in [6.45, 7) is 7.83. The zero-order valence-corrected chi connectivity index (χ0v) is 8.66. The third-order valence-corrected chi connectivity index (χ3v) is 3.27. The highest BCUT2D eigenvalue weighted by Gasteiger charge is 2.50. The lowest BCUT2D eigenvalue weighted by Crippen LogP contribution is -2.71. The molecule has 2 saturated heterocycles. The van der Waals surface area contributed by atoms with Gasteiger partial charge in [0.1, 0.15) is 0 Å². The fourth-order valence-corrected chi connectivity index (χ4v) is 2.76. The molecule has 2 aliphatic heterocycles. The number of aliphatic hydroxyl groups excluding tert-OH is 1. The first-order chi connectivity index (χ1) is 6.13. The molecule has 1 N–H and O–H groups in total. The van der Waals surface area contributed by atoms with E-state index in [1.165, 1.54) is 26.2 Å². The largest absolute Gasteiger partial charge is 0.392 e. The van der Waals surface area contributed by atoms with Crippen molar-refractivity contribution < 1.29 is 5.11 Å². The van der Waals surface area contributed by atoms with Gasteiger partial charge >= 0.3 is 0 Å². The normalized spacial score (nSPS) is 29.8. The van der Waals surface area contributed by atoms with E-state index < -0.39 is 0 Å². The molecular formula is C10H20N2O. The summed E-state index contributed by atoms with van der Waals surface area (Å²) in [7, 11) is 2.18. The summed E-state index contributed by atoms with van der Waals surface area (Å²) in [5.41, 5.74) is 0.613. The predicted molar refractivity (Wildman–Crippen MR) is 52.7 cm³/mol. The third-order valence-electron chi connectivity index (χ3n) is 3.27. The quantitative estimate of drug-likeness (QED) is 0.669. The standard InChI is InChI=1S/C10H20N2O/c1-3-9(13)4-12-7-10(8-12)5-11(2)6-10/h9,13H,3-8H2,1-2H3/t9-/m1/s1. The molecule has 0 unspecified atom stereocenters.